The highest BCUT2D eigenvalue weighted by Crippen LogP contribution is 2.32. The summed E-state index contributed by atoms with van der Waals surface area (Å²) in [5.74, 6) is 0.191. The SMILES string of the molecule is COCCOc1cc2[nH]nc(-c3cc(-c4ccc(C(=O)N5CCC5)cc4)on3)c2cc1F. The van der Waals surface area contributed by atoms with Gasteiger partial charge in [0, 0.05) is 48.8 Å². The lowest BCUT2D eigenvalue weighted by Crippen LogP contribution is -2.41. The van der Waals surface area contributed by atoms with E-state index in [2.05, 4.69) is 15.4 Å². The maximum atomic E-state index is 14.5. The van der Waals surface area contributed by atoms with E-state index in [0.29, 0.717) is 40.2 Å². The first-order valence-corrected chi connectivity index (χ1v) is 10.3. The number of H-pyrrole nitrogens is 1. The second-order valence-electron chi connectivity index (χ2n) is 7.54. The van der Waals surface area contributed by atoms with Crippen LogP contribution in [0.25, 0.3) is 33.6 Å². The average molecular weight is 436 g/mol. The van der Waals surface area contributed by atoms with E-state index in [1.54, 1.807) is 31.4 Å². The molecule has 1 aliphatic heterocycles. The third-order valence-electron chi connectivity index (χ3n) is 5.47. The van der Waals surface area contributed by atoms with E-state index in [0.717, 1.165) is 25.1 Å². The first kappa shape index (κ1) is 20.2. The van der Waals surface area contributed by atoms with Crippen molar-refractivity contribution in [3.8, 4) is 28.5 Å². The number of hydrogen-bond acceptors (Lipinski definition) is 6. The Hall–Kier alpha value is -3.72. The van der Waals surface area contributed by atoms with Crippen molar-refractivity contribution in [2.24, 2.45) is 0 Å². The largest absolute Gasteiger partial charge is 0.488 e. The Labute approximate surface area is 182 Å². The van der Waals surface area contributed by atoms with Crippen LogP contribution in [0, 0.1) is 5.82 Å². The molecule has 0 spiro atoms. The predicted molar refractivity (Wildman–Crippen MR) is 115 cm³/mol. The Morgan fingerprint density at radius 3 is 2.72 bits per heavy atom. The van der Waals surface area contributed by atoms with Crippen molar-refractivity contribution in [3.63, 3.8) is 0 Å². The Bertz CT molecular complexity index is 1260. The molecule has 8 nitrogen and oxygen atoms in total. The number of fused-ring (bicyclic) bond motifs is 1. The number of aromatic amines is 1. The molecule has 32 heavy (non-hydrogen) atoms. The highest BCUT2D eigenvalue weighted by molar-refractivity contribution is 5.95. The van der Waals surface area contributed by atoms with Gasteiger partial charge in [-0.3, -0.25) is 9.89 Å². The number of aromatic nitrogens is 3. The van der Waals surface area contributed by atoms with Crippen molar-refractivity contribution in [1.82, 2.24) is 20.3 Å². The molecule has 1 amide bonds. The van der Waals surface area contributed by atoms with Crippen molar-refractivity contribution in [1.29, 1.82) is 0 Å². The number of nitrogens with zero attached hydrogens (tertiary/aromatic N) is 3. The van der Waals surface area contributed by atoms with Gasteiger partial charge in [-0.15, -0.1) is 0 Å². The molecule has 0 bridgehead atoms. The van der Waals surface area contributed by atoms with Crippen LogP contribution in [0.4, 0.5) is 4.39 Å². The highest BCUT2D eigenvalue weighted by Gasteiger charge is 2.22. The summed E-state index contributed by atoms with van der Waals surface area (Å²) in [6.07, 6.45) is 1.05. The predicted octanol–water partition coefficient (Wildman–Crippen LogP) is 3.90. The Morgan fingerprint density at radius 1 is 1.19 bits per heavy atom. The zero-order chi connectivity index (χ0) is 22.1. The molecule has 0 unspecified atom stereocenters. The highest BCUT2D eigenvalue weighted by atomic mass is 19.1. The number of benzene rings is 2. The Morgan fingerprint density at radius 2 is 2.00 bits per heavy atom. The zero-order valence-corrected chi connectivity index (χ0v) is 17.4. The quantitative estimate of drug-likeness (QED) is 0.442. The lowest BCUT2D eigenvalue weighted by Gasteiger charge is -2.30. The number of rotatable bonds is 7. The van der Waals surface area contributed by atoms with E-state index in [1.807, 2.05) is 17.0 Å². The van der Waals surface area contributed by atoms with E-state index >= 15 is 0 Å². The number of ether oxygens (including phenoxy) is 2. The monoisotopic (exact) mass is 436 g/mol. The van der Waals surface area contributed by atoms with Gasteiger partial charge in [-0.1, -0.05) is 17.3 Å². The normalized spacial score (nSPS) is 13.4. The van der Waals surface area contributed by atoms with Gasteiger partial charge >= 0.3 is 0 Å². The summed E-state index contributed by atoms with van der Waals surface area (Å²) in [7, 11) is 1.55. The van der Waals surface area contributed by atoms with Crippen molar-refractivity contribution < 1.29 is 23.2 Å². The molecule has 3 heterocycles. The minimum absolute atomic E-state index is 0.0386. The molecular formula is C23H21FN4O4. The van der Waals surface area contributed by atoms with Crippen LogP contribution in [0.1, 0.15) is 16.8 Å². The summed E-state index contributed by atoms with van der Waals surface area (Å²) in [4.78, 5) is 14.1. The van der Waals surface area contributed by atoms with E-state index in [1.165, 1.54) is 6.07 Å². The van der Waals surface area contributed by atoms with Crippen LogP contribution in [-0.2, 0) is 4.74 Å². The summed E-state index contributed by atoms with van der Waals surface area (Å²) in [5, 5.41) is 11.8. The molecule has 5 rings (SSSR count). The maximum Gasteiger partial charge on any atom is 0.253 e. The number of nitrogens with one attached hydrogen (secondary N) is 1. The molecule has 4 aromatic rings. The molecule has 2 aromatic heterocycles. The number of amides is 1. The molecule has 1 saturated heterocycles. The second-order valence-corrected chi connectivity index (χ2v) is 7.54. The van der Waals surface area contributed by atoms with Crippen molar-refractivity contribution in [2.45, 2.75) is 6.42 Å². The fraction of sp³-hybridized carbons (Fsp3) is 0.261. The van der Waals surface area contributed by atoms with Gasteiger partial charge < -0.3 is 18.9 Å². The number of methoxy groups -OCH3 is 1. The number of likely N-dealkylation sites (tertiary alicyclic amines) is 1. The third-order valence-corrected chi connectivity index (χ3v) is 5.47. The van der Waals surface area contributed by atoms with Crippen LogP contribution in [0.3, 0.4) is 0 Å². The smallest absolute Gasteiger partial charge is 0.253 e. The lowest BCUT2D eigenvalue weighted by atomic mass is 10.1. The second kappa shape index (κ2) is 8.43. The molecule has 0 radical (unpaired) electrons. The minimum atomic E-state index is -0.498. The molecular weight excluding hydrogens is 415 g/mol. The van der Waals surface area contributed by atoms with E-state index in [9.17, 15) is 9.18 Å². The number of halogens is 1. The van der Waals surface area contributed by atoms with Gasteiger partial charge in [0.1, 0.15) is 18.0 Å². The summed E-state index contributed by atoms with van der Waals surface area (Å²) in [6, 6.07) is 11.9. The molecule has 0 saturated carbocycles. The summed E-state index contributed by atoms with van der Waals surface area (Å²) < 4.78 is 30.3. The van der Waals surface area contributed by atoms with Crippen LogP contribution in [-0.4, -0.2) is 59.6 Å². The van der Waals surface area contributed by atoms with Crippen LogP contribution in [0.5, 0.6) is 5.75 Å². The first-order chi connectivity index (χ1) is 15.6. The molecule has 2 aromatic carbocycles. The van der Waals surface area contributed by atoms with Gasteiger partial charge in [0.15, 0.2) is 17.3 Å². The fourth-order valence-electron chi connectivity index (χ4n) is 3.56. The lowest BCUT2D eigenvalue weighted by molar-refractivity contribution is 0.0652. The maximum absolute atomic E-state index is 14.5. The van der Waals surface area contributed by atoms with Gasteiger partial charge in [-0.25, -0.2) is 4.39 Å². The van der Waals surface area contributed by atoms with E-state index in [4.69, 9.17) is 14.0 Å². The van der Waals surface area contributed by atoms with Crippen molar-refractivity contribution in [3.05, 3.63) is 53.8 Å². The van der Waals surface area contributed by atoms with Crippen molar-refractivity contribution >= 4 is 16.8 Å². The molecule has 1 aliphatic rings. The minimum Gasteiger partial charge on any atom is -0.488 e. The van der Waals surface area contributed by atoms with Gasteiger partial charge in [0.25, 0.3) is 5.91 Å². The number of carbonyl (C=O) groups is 1. The number of hydrogen-bond donors (Lipinski definition) is 1. The molecule has 9 heteroatoms. The molecule has 0 aliphatic carbocycles. The molecule has 1 fully saturated rings. The molecule has 1 N–H and O–H groups in total. The van der Waals surface area contributed by atoms with E-state index in [-0.39, 0.29) is 18.3 Å². The Balaban J connectivity index is 1.38. The Kier molecular flexibility index (Phi) is 5.32. The molecule has 164 valence electrons. The van der Waals surface area contributed by atoms with Crippen LogP contribution < -0.4 is 4.74 Å². The van der Waals surface area contributed by atoms with Crippen molar-refractivity contribution in [2.75, 3.05) is 33.4 Å². The van der Waals surface area contributed by atoms with Gasteiger partial charge in [-0.05, 0) is 24.6 Å². The molecule has 0 atom stereocenters. The third kappa shape index (κ3) is 3.71. The standard InChI is InChI=1S/C23H21FN4O4/c1-30-9-10-31-21-12-18-16(11-17(21)24)22(26-25-18)19-13-20(32-27-19)14-3-5-15(6-4-14)23(29)28-7-2-8-28/h3-6,11-13H,2,7-10H2,1H3,(H,25,26). The number of carbonyl (C=O) groups excluding carboxylic acids is 1. The fourth-order valence-corrected chi connectivity index (χ4v) is 3.56. The average Bonchev–Trinajstić information content (AvgIpc) is 3.40. The summed E-state index contributed by atoms with van der Waals surface area (Å²) >= 11 is 0. The van der Waals surface area contributed by atoms with Gasteiger partial charge in [0.2, 0.25) is 0 Å². The summed E-state index contributed by atoms with van der Waals surface area (Å²) in [5.41, 5.74) is 2.99. The first-order valence-electron chi connectivity index (χ1n) is 10.3. The topological polar surface area (TPSA) is 93.5 Å². The van der Waals surface area contributed by atoms with Crippen LogP contribution in [0.15, 0.2) is 47.0 Å². The van der Waals surface area contributed by atoms with Crippen LogP contribution >= 0.6 is 0 Å². The van der Waals surface area contributed by atoms with Gasteiger partial charge in [-0.2, -0.15) is 5.10 Å². The van der Waals surface area contributed by atoms with E-state index < -0.39 is 5.82 Å². The van der Waals surface area contributed by atoms with Gasteiger partial charge in [0.05, 0.1) is 12.1 Å². The summed E-state index contributed by atoms with van der Waals surface area (Å²) in [6.45, 7) is 2.23. The van der Waals surface area contributed by atoms with Crippen LogP contribution in [0.2, 0.25) is 0 Å². The zero-order valence-electron chi connectivity index (χ0n) is 17.4.